The quantitative estimate of drug-likeness (QED) is 0.373. The van der Waals surface area contributed by atoms with Crippen molar-refractivity contribution in [2.75, 3.05) is 43.4 Å². The molecule has 4 aromatic rings. The number of nitrogens with one attached hydrogen (secondary N) is 1. The molecule has 2 aromatic carbocycles. The molecule has 10 heteroatoms. The summed E-state index contributed by atoms with van der Waals surface area (Å²) in [6.45, 7) is 8.29. The van der Waals surface area contributed by atoms with E-state index < -0.39 is 11.7 Å². The van der Waals surface area contributed by atoms with Gasteiger partial charge in [-0.2, -0.15) is 13.2 Å². The molecule has 1 aliphatic rings. The largest absolute Gasteiger partial charge is 0.416 e. The molecule has 0 saturated carbocycles. The van der Waals surface area contributed by atoms with Gasteiger partial charge in [-0.1, -0.05) is 12.1 Å². The summed E-state index contributed by atoms with van der Waals surface area (Å²) in [7, 11) is 2.13. The molecule has 2 aromatic heterocycles. The molecule has 0 aliphatic carbocycles. The molecular weight excluding hydrogens is 479 g/mol. The van der Waals surface area contributed by atoms with Crippen molar-refractivity contribution in [3.05, 3.63) is 66.0 Å². The average molecular weight is 510 g/mol. The number of halogens is 3. The fourth-order valence-electron chi connectivity index (χ4n) is 4.48. The summed E-state index contributed by atoms with van der Waals surface area (Å²) in [5.74, 6) is 1.02. The van der Waals surface area contributed by atoms with Crippen LogP contribution in [0.2, 0.25) is 0 Å². The van der Waals surface area contributed by atoms with Gasteiger partial charge in [0.1, 0.15) is 5.52 Å². The Morgan fingerprint density at radius 1 is 0.973 bits per heavy atom. The Bertz CT molecular complexity index is 1370. The lowest BCUT2D eigenvalue weighted by Crippen LogP contribution is -2.44. The monoisotopic (exact) mass is 509 g/mol. The van der Waals surface area contributed by atoms with Crippen LogP contribution >= 0.6 is 0 Å². The van der Waals surface area contributed by atoms with E-state index in [1.54, 1.807) is 12.4 Å². The number of rotatable bonds is 6. The summed E-state index contributed by atoms with van der Waals surface area (Å²) < 4.78 is 41.5. The van der Waals surface area contributed by atoms with Gasteiger partial charge in [-0.05, 0) is 62.9 Å². The van der Waals surface area contributed by atoms with Crippen LogP contribution < -0.4 is 10.2 Å². The molecule has 7 nitrogen and oxygen atoms in total. The van der Waals surface area contributed by atoms with Crippen LogP contribution in [0.4, 0.5) is 24.7 Å². The maximum absolute atomic E-state index is 13.2. The van der Waals surface area contributed by atoms with Crippen LogP contribution in [-0.4, -0.2) is 57.6 Å². The van der Waals surface area contributed by atoms with E-state index in [4.69, 9.17) is 9.97 Å². The SMILES string of the molecule is CC(C)n1cnc2c(NCc3cccc(C(F)(F)F)c3)nc(-c3ccc(N4CCN(C)CC4)cc3)nc21. The van der Waals surface area contributed by atoms with E-state index in [0.717, 1.165) is 49.6 Å². The number of likely N-dealkylation sites (N-methyl/N-ethyl adjacent to an activating group) is 1. The Hall–Kier alpha value is -3.66. The maximum Gasteiger partial charge on any atom is 0.416 e. The lowest BCUT2D eigenvalue weighted by molar-refractivity contribution is -0.137. The van der Waals surface area contributed by atoms with Crippen molar-refractivity contribution >= 4 is 22.7 Å². The van der Waals surface area contributed by atoms with Gasteiger partial charge in [0.25, 0.3) is 0 Å². The number of fused-ring (bicyclic) bond motifs is 1. The van der Waals surface area contributed by atoms with Crippen molar-refractivity contribution < 1.29 is 13.2 Å². The molecule has 1 saturated heterocycles. The van der Waals surface area contributed by atoms with Gasteiger partial charge >= 0.3 is 6.18 Å². The first kappa shape index (κ1) is 25.0. The van der Waals surface area contributed by atoms with Crippen molar-refractivity contribution in [3.8, 4) is 11.4 Å². The molecule has 3 heterocycles. The van der Waals surface area contributed by atoms with Gasteiger partial charge in [0, 0.05) is 50.0 Å². The Morgan fingerprint density at radius 2 is 1.70 bits per heavy atom. The first-order chi connectivity index (χ1) is 17.7. The summed E-state index contributed by atoms with van der Waals surface area (Å²) >= 11 is 0. The highest BCUT2D eigenvalue weighted by Gasteiger charge is 2.30. The van der Waals surface area contributed by atoms with Crippen LogP contribution in [0.25, 0.3) is 22.6 Å². The third-order valence-corrected chi connectivity index (χ3v) is 6.69. The fraction of sp³-hybridized carbons (Fsp3) is 0.370. The highest BCUT2D eigenvalue weighted by molar-refractivity contribution is 5.85. The number of hydrogen-bond acceptors (Lipinski definition) is 6. The Balaban J connectivity index is 1.46. The number of hydrogen-bond donors (Lipinski definition) is 1. The van der Waals surface area contributed by atoms with Gasteiger partial charge in [0.05, 0.1) is 11.9 Å². The van der Waals surface area contributed by atoms with Crippen molar-refractivity contribution in [1.29, 1.82) is 0 Å². The second-order valence-corrected chi connectivity index (χ2v) is 9.70. The second-order valence-electron chi connectivity index (χ2n) is 9.70. The van der Waals surface area contributed by atoms with E-state index >= 15 is 0 Å². The van der Waals surface area contributed by atoms with Crippen LogP contribution in [-0.2, 0) is 12.7 Å². The van der Waals surface area contributed by atoms with E-state index in [2.05, 4.69) is 39.3 Å². The smallest absolute Gasteiger partial charge is 0.369 e. The summed E-state index contributed by atoms with van der Waals surface area (Å²) in [6, 6.07) is 13.6. The summed E-state index contributed by atoms with van der Waals surface area (Å²) in [5, 5.41) is 3.21. The normalized spacial score (nSPS) is 15.1. The second kappa shape index (κ2) is 10.0. The molecule has 0 radical (unpaired) electrons. The number of anilines is 2. The molecule has 194 valence electrons. The molecule has 37 heavy (non-hydrogen) atoms. The van der Waals surface area contributed by atoms with Crippen LogP contribution in [0.15, 0.2) is 54.9 Å². The first-order valence-corrected chi connectivity index (χ1v) is 12.4. The van der Waals surface area contributed by atoms with E-state index in [-0.39, 0.29) is 12.6 Å². The Labute approximate surface area is 214 Å². The van der Waals surface area contributed by atoms with E-state index in [1.807, 2.05) is 30.5 Å². The lowest BCUT2D eigenvalue weighted by Gasteiger charge is -2.34. The standard InChI is InChI=1S/C27H30F3N7/c1-18(2)37-17-32-23-25(31-16-19-5-4-6-21(15-19)27(28,29)30)33-24(34-26(23)37)20-7-9-22(10-8-20)36-13-11-35(3)12-14-36/h4-10,15,17-18H,11-14,16H2,1-3H3,(H,31,33,34). The average Bonchev–Trinajstić information content (AvgIpc) is 3.32. The highest BCUT2D eigenvalue weighted by atomic mass is 19.4. The number of aromatic nitrogens is 4. The first-order valence-electron chi connectivity index (χ1n) is 12.4. The van der Waals surface area contributed by atoms with Crippen LogP contribution in [0, 0.1) is 0 Å². The molecule has 0 unspecified atom stereocenters. The van der Waals surface area contributed by atoms with E-state index in [1.165, 1.54) is 6.07 Å². The van der Waals surface area contributed by atoms with Crippen molar-refractivity contribution in [2.45, 2.75) is 32.6 Å². The van der Waals surface area contributed by atoms with E-state index in [9.17, 15) is 13.2 Å². The van der Waals surface area contributed by atoms with Crippen LogP contribution in [0.5, 0.6) is 0 Å². The molecule has 1 fully saturated rings. The molecule has 0 atom stereocenters. The predicted octanol–water partition coefficient (Wildman–Crippen LogP) is 5.46. The third kappa shape index (κ3) is 5.39. The number of piperazine rings is 1. The summed E-state index contributed by atoms with van der Waals surface area (Å²) in [5.41, 5.74) is 3.10. The summed E-state index contributed by atoms with van der Waals surface area (Å²) in [4.78, 5) is 18.8. The topological polar surface area (TPSA) is 62.1 Å². The molecule has 5 rings (SSSR count). The Morgan fingerprint density at radius 3 is 2.38 bits per heavy atom. The molecular formula is C27H30F3N7. The number of imidazole rings is 1. The maximum atomic E-state index is 13.2. The van der Waals surface area contributed by atoms with Gasteiger partial charge in [-0.15, -0.1) is 0 Å². The zero-order valence-corrected chi connectivity index (χ0v) is 21.1. The van der Waals surface area contributed by atoms with Crippen LogP contribution in [0.1, 0.15) is 31.0 Å². The lowest BCUT2D eigenvalue weighted by atomic mass is 10.1. The minimum Gasteiger partial charge on any atom is -0.369 e. The van der Waals surface area contributed by atoms with Gasteiger partial charge in [-0.3, -0.25) is 0 Å². The molecule has 0 spiro atoms. The zero-order valence-electron chi connectivity index (χ0n) is 21.1. The highest BCUT2D eigenvalue weighted by Crippen LogP contribution is 2.31. The van der Waals surface area contributed by atoms with Gasteiger partial charge in [-0.25, -0.2) is 15.0 Å². The van der Waals surface area contributed by atoms with Gasteiger partial charge in [0.2, 0.25) is 0 Å². The number of benzene rings is 2. The minimum absolute atomic E-state index is 0.128. The van der Waals surface area contributed by atoms with Gasteiger partial charge in [0.15, 0.2) is 17.3 Å². The molecule has 1 N–H and O–H groups in total. The molecule has 0 amide bonds. The van der Waals surface area contributed by atoms with Gasteiger partial charge < -0.3 is 19.7 Å². The van der Waals surface area contributed by atoms with E-state index in [0.29, 0.717) is 28.4 Å². The zero-order chi connectivity index (χ0) is 26.2. The van der Waals surface area contributed by atoms with Crippen molar-refractivity contribution in [3.63, 3.8) is 0 Å². The van der Waals surface area contributed by atoms with Crippen molar-refractivity contribution in [2.24, 2.45) is 0 Å². The molecule has 1 aliphatic heterocycles. The molecule has 0 bridgehead atoms. The minimum atomic E-state index is -4.39. The Kier molecular flexibility index (Phi) is 6.76. The fourth-order valence-corrected chi connectivity index (χ4v) is 4.48. The third-order valence-electron chi connectivity index (χ3n) is 6.69. The number of alkyl halides is 3. The predicted molar refractivity (Wildman–Crippen MR) is 140 cm³/mol. The summed E-state index contributed by atoms with van der Waals surface area (Å²) in [6.07, 6.45) is -2.67. The van der Waals surface area contributed by atoms with Crippen LogP contribution in [0.3, 0.4) is 0 Å². The number of nitrogens with zero attached hydrogens (tertiary/aromatic N) is 6. The van der Waals surface area contributed by atoms with Crippen molar-refractivity contribution in [1.82, 2.24) is 24.4 Å².